The maximum Gasteiger partial charge on any atom is 0.333 e. The van der Waals surface area contributed by atoms with Crippen molar-refractivity contribution in [2.45, 2.75) is 136 Å². The Labute approximate surface area is 174 Å². The Balaban J connectivity index is 6.82. The van der Waals surface area contributed by atoms with Crippen LogP contribution in [0.1, 0.15) is 90.0 Å². The van der Waals surface area contributed by atoms with E-state index < -0.39 is 25.0 Å². The molecule has 0 aliphatic heterocycles. The van der Waals surface area contributed by atoms with Crippen LogP contribution in [-0.2, 0) is 0 Å². The lowest BCUT2D eigenvalue weighted by Gasteiger charge is -2.60. The monoisotopic (exact) mass is 434 g/mol. The second-order valence-corrected chi connectivity index (χ2v) is 28.1. The lowest BCUT2D eigenvalue weighted by atomic mass is 10.2. The van der Waals surface area contributed by atoms with Gasteiger partial charge in [0.25, 0.3) is 0 Å². The van der Waals surface area contributed by atoms with Gasteiger partial charge in [0.15, 0.2) is 0 Å². The third kappa shape index (κ3) is 4.98. The summed E-state index contributed by atoms with van der Waals surface area (Å²) in [6, 6.07) is 0. The maximum atomic E-state index is 17.1. The number of hydrazine groups is 1. The first kappa shape index (κ1) is 27.5. The predicted molar refractivity (Wildman–Crippen MR) is 130 cm³/mol. The van der Waals surface area contributed by atoms with E-state index in [1.54, 1.807) is 0 Å². The molecular weight excluding hydrogens is 384 g/mol. The molecule has 6 heteroatoms. The second kappa shape index (κ2) is 7.97. The normalized spacial score (nSPS) is 16.0. The standard InChI is InChI=1S/C21H51FN2Si3/c1-17(2)27(22,18(3)4)24(25(14,15)19(5,6)7)23-26(16,20(8,9)10)21(11,12)13/h17-18,23H,1-16H3. The van der Waals surface area contributed by atoms with E-state index in [9.17, 15) is 0 Å². The van der Waals surface area contributed by atoms with Crippen molar-refractivity contribution in [3.05, 3.63) is 0 Å². The third-order valence-electron chi connectivity index (χ3n) is 7.69. The van der Waals surface area contributed by atoms with Crippen LogP contribution in [0.4, 0.5) is 4.11 Å². The molecule has 0 amide bonds. The molecule has 0 aliphatic rings. The molecule has 0 heterocycles. The molecule has 0 atom stereocenters. The molecule has 0 aromatic rings. The second-order valence-electron chi connectivity index (χ2n) is 12.9. The molecule has 1 N–H and O–H groups in total. The zero-order chi connectivity index (χ0) is 22.4. The van der Waals surface area contributed by atoms with Crippen LogP contribution in [0.5, 0.6) is 0 Å². The molecule has 0 aliphatic carbocycles. The minimum absolute atomic E-state index is 0.0531. The first-order valence-electron chi connectivity index (χ1n) is 10.7. The first-order chi connectivity index (χ1) is 11.5. The van der Waals surface area contributed by atoms with E-state index in [0.29, 0.717) is 0 Å². The van der Waals surface area contributed by atoms with E-state index in [1.807, 2.05) is 0 Å². The van der Waals surface area contributed by atoms with Crippen LogP contribution in [0.15, 0.2) is 0 Å². The van der Waals surface area contributed by atoms with Crippen LogP contribution in [0.3, 0.4) is 0 Å². The Morgan fingerprint density at radius 2 is 0.963 bits per heavy atom. The molecule has 0 saturated heterocycles. The first-order valence-corrected chi connectivity index (χ1v) is 18.2. The van der Waals surface area contributed by atoms with Crippen molar-refractivity contribution in [2.75, 3.05) is 0 Å². The zero-order valence-corrected chi connectivity index (χ0v) is 24.5. The van der Waals surface area contributed by atoms with Gasteiger partial charge in [0.2, 0.25) is 0 Å². The highest BCUT2D eigenvalue weighted by Crippen LogP contribution is 2.52. The lowest BCUT2D eigenvalue weighted by Crippen LogP contribution is -2.79. The van der Waals surface area contributed by atoms with Crippen LogP contribution in [0.2, 0.25) is 45.8 Å². The molecule has 0 rings (SSSR count). The van der Waals surface area contributed by atoms with Gasteiger partial charge in [-0.15, -0.1) is 0 Å². The van der Waals surface area contributed by atoms with Gasteiger partial charge in [0.1, 0.15) is 16.5 Å². The smallest absolute Gasteiger partial charge is 0.291 e. The molecule has 27 heavy (non-hydrogen) atoms. The van der Waals surface area contributed by atoms with Crippen LogP contribution in [0, 0.1) is 0 Å². The summed E-state index contributed by atoms with van der Waals surface area (Å²) in [5.74, 6) is 0. The Bertz CT molecular complexity index is 475. The summed E-state index contributed by atoms with van der Waals surface area (Å²) in [6.07, 6.45) is 0. The van der Waals surface area contributed by atoms with Gasteiger partial charge in [-0.1, -0.05) is 110 Å². The summed E-state index contributed by atoms with van der Waals surface area (Å²) in [5, 5.41) is 4.40. The van der Waals surface area contributed by atoms with Crippen LogP contribution in [0.25, 0.3) is 0 Å². The zero-order valence-electron chi connectivity index (χ0n) is 21.5. The van der Waals surface area contributed by atoms with Crippen LogP contribution >= 0.6 is 0 Å². The van der Waals surface area contributed by atoms with Gasteiger partial charge in [-0.05, 0) is 26.2 Å². The number of nitrogens with zero attached hydrogens (tertiary/aromatic N) is 1. The molecule has 0 fully saturated rings. The minimum atomic E-state index is -3.23. The van der Waals surface area contributed by atoms with Gasteiger partial charge in [0, 0.05) is 0 Å². The largest absolute Gasteiger partial charge is 0.333 e. The van der Waals surface area contributed by atoms with Crippen molar-refractivity contribution in [1.82, 2.24) is 9.43 Å². The molecule has 0 aromatic carbocycles. The van der Waals surface area contributed by atoms with Crippen molar-refractivity contribution >= 4 is 25.0 Å². The number of hydrogen-bond donors (Lipinski definition) is 1. The summed E-state index contributed by atoms with van der Waals surface area (Å²) in [5.41, 5.74) is 0.106. The molecular formula is C21H51FN2Si3. The molecule has 0 radical (unpaired) electrons. The highest BCUT2D eigenvalue weighted by molar-refractivity contribution is 6.93. The van der Waals surface area contributed by atoms with Gasteiger partial charge >= 0.3 is 8.57 Å². The summed E-state index contributed by atoms with van der Waals surface area (Å²) in [6.45, 7) is 36.5. The Hall–Kier alpha value is 0.501. The fourth-order valence-electron chi connectivity index (χ4n) is 3.86. The van der Waals surface area contributed by atoms with E-state index >= 15 is 4.11 Å². The summed E-state index contributed by atoms with van der Waals surface area (Å²) in [4.78, 5) is 0. The third-order valence-corrected chi connectivity index (χ3v) is 26.5. The minimum Gasteiger partial charge on any atom is -0.291 e. The molecule has 0 aromatic heterocycles. The SMILES string of the molecule is CC(C)[Si](F)(C(C)C)N(N[Si](C)(C(C)(C)C)C(C)(C)C)[Si](C)(C)C(C)(C)C. The van der Waals surface area contributed by atoms with Gasteiger partial charge in [0.05, 0.1) is 0 Å². The van der Waals surface area contributed by atoms with Gasteiger partial charge in [-0.3, -0.25) is 13.5 Å². The average molecular weight is 435 g/mol. The van der Waals surface area contributed by atoms with Crippen molar-refractivity contribution in [2.24, 2.45) is 0 Å². The van der Waals surface area contributed by atoms with Crippen molar-refractivity contribution in [1.29, 1.82) is 0 Å². The van der Waals surface area contributed by atoms with E-state index in [1.165, 1.54) is 0 Å². The number of hydrogen-bond acceptors (Lipinski definition) is 2. The topological polar surface area (TPSA) is 15.3 Å². The quantitative estimate of drug-likeness (QED) is 0.257. The number of halogens is 1. The maximum absolute atomic E-state index is 17.1. The number of nitrogens with one attached hydrogen (secondary N) is 1. The molecule has 2 nitrogen and oxygen atoms in total. The van der Waals surface area contributed by atoms with E-state index in [4.69, 9.17) is 0 Å². The Morgan fingerprint density at radius 1 is 0.667 bits per heavy atom. The Kier molecular flexibility index (Phi) is 8.12. The molecule has 0 unspecified atom stereocenters. The summed E-state index contributed by atoms with van der Waals surface area (Å²) >= 11 is 0. The van der Waals surface area contributed by atoms with Crippen molar-refractivity contribution in [3.8, 4) is 0 Å². The molecule has 0 spiro atoms. The highest BCUT2D eigenvalue weighted by atomic mass is 28.4. The molecule has 0 bridgehead atoms. The Morgan fingerprint density at radius 3 is 1.15 bits per heavy atom. The lowest BCUT2D eigenvalue weighted by molar-refractivity contribution is 0.405. The fraction of sp³-hybridized carbons (Fsp3) is 1.00. The van der Waals surface area contributed by atoms with Crippen molar-refractivity contribution < 1.29 is 4.11 Å². The fourth-order valence-corrected chi connectivity index (χ4v) is 19.4. The summed E-state index contributed by atoms with van der Waals surface area (Å²) < 4.78 is 19.4. The van der Waals surface area contributed by atoms with E-state index in [2.05, 4.69) is 119 Å². The van der Waals surface area contributed by atoms with E-state index in [0.717, 1.165) is 0 Å². The molecule has 0 saturated carbocycles. The highest BCUT2D eigenvalue weighted by Gasteiger charge is 2.61. The number of rotatable bonds is 6. The van der Waals surface area contributed by atoms with E-state index in [-0.39, 0.29) is 26.2 Å². The molecule has 164 valence electrons. The van der Waals surface area contributed by atoms with Crippen molar-refractivity contribution in [3.63, 3.8) is 0 Å². The van der Waals surface area contributed by atoms with Gasteiger partial charge in [-0.2, -0.15) is 0 Å². The van der Waals surface area contributed by atoms with Crippen LogP contribution in [-0.4, -0.2) is 29.4 Å². The predicted octanol–water partition coefficient (Wildman–Crippen LogP) is 8.21. The van der Waals surface area contributed by atoms with Gasteiger partial charge < -0.3 is 0 Å². The van der Waals surface area contributed by atoms with Crippen LogP contribution < -0.4 is 5.09 Å². The summed E-state index contributed by atoms with van der Waals surface area (Å²) in [7, 11) is -7.45. The average Bonchev–Trinajstić information content (AvgIpc) is 2.38. The van der Waals surface area contributed by atoms with Gasteiger partial charge in [-0.25, -0.2) is 0 Å².